The first-order valence-corrected chi connectivity index (χ1v) is 10.4. The monoisotopic (exact) mass is 362 g/mol. The van der Waals surface area contributed by atoms with Gasteiger partial charge < -0.3 is 11.1 Å². The van der Waals surface area contributed by atoms with Gasteiger partial charge in [0, 0.05) is 10.8 Å². The van der Waals surface area contributed by atoms with Crippen molar-refractivity contribution in [2.45, 2.75) is 72.1 Å². The van der Waals surface area contributed by atoms with Crippen LogP contribution in [-0.4, -0.2) is 11.8 Å². The highest BCUT2D eigenvalue weighted by molar-refractivity contribution is 7.17. The highest BCUT2D eigenvalue weighted by Gasteiger charge is 2.35. The lowest BCUT2D eigenvalue weighted by molar-refractivity contribution is -0.119. The van der Waals surface area contributed by atoms with Crippen molar-refractivity contribution in [2.75, 3.05) is 5.32 Å². The van der Waals surface area contributed by atoms with E-state index in [0.717, 1.165) is 56.9 Å². The summed E-state index contributed by atoms with van der Waals surface area (Å²) < 4.78 is 0. The van der Waals surface area contributed by atoms with E-state index in [2.05, 4.69) is 26.1 Å². The molecule has 1 aromatic rings. The van der Waals surface area contributed by atoms with Gasteiger partial charge in [0.25, 0.3) is 5.91 Å². The maximum Gasteiger partial charge on any atom is 0.251 e. The van der Waals surface area contributed by atoms with Crippen molar-refractivity contribution < 1.29 is 9.59 Å². The highest BCUT2D eigenvalue weighted by atomic mass is 32.1. The molecule has 0 saturated heterocycles. The summed E-state index contributed by atoms with van der Waals surface area (Å²) >= 11 is 1.57. The molecule has 2 amide bonds. The minimum absolute atomic E-state index is 0.0593. The Hall–Kier alpha value is -1.36. The number of thiophene rings is 1. The predicted octanol–water partition coefficient (Wildman–Crippen LogP) is 4.52. The van der Waals surface area contributed by atoms with Gasteiger partial charge in [-0.3, -0.25) is 9.59 Å². The van der Waals surface area contributed by atoms with Crippen LogP contribution < -0.4 is 11.1 Å². The molecule has 1 aromatic heterocycles. The largest absolute Gasteiger partial charge is 0.365 e. The van der Waals surface area contributed by atoms with Crippen molar-refractivity contribution in [2.24, 2.45) is 23.0 Å². The second kappa shape index (κ2) is 7.10. The van der Waals surface area contributed by atoms with Gasteiger partial charge in [0.1, 0.15) is 5.00 Å². The molecule has 0 bridgehead atoms. The number of carbonyl (C=O) groups is 2. The summed E-state index contributed by atoms with van der Waals surface area (Å²) in [7, 11) is 0. The number of primary amides is 1. The Balaban J connectivity index is 1.85. The molecule has 1 unspecified atom stereocenters. The van der Waals surface area contributed by atoms with Crippen LogP contribution in [0, 0.1) is 17.3 Å². The van der Waals surface area contributed by atoms with Gasteiger partial charge in [0.05, 0.1) is 5.56 Å². The van der Waals surface area contributed by atoms with Gasteiger partial charge in [-0.15, -0.1) is 11.3 Å². The molecule has 2 aliphatic carbocycles. The fraction of sp³-hybridized carbons (Fsp3) is 0.700. The van der Waals surface area contributed by atoms with E-state index >= 15 is 0 Å². The molecule has 3 N–H and O–H groups in total. The number of anilines is 1. The van der Waals surface area contributed by atoms with Crippen LogP contribution in [0.15, 0.2) is 0 Å². The Morgan fingerprint density at radius 2 is 1.92 bits per heavy atom. The number of hydrogen-bond donors (Lipinski definition) is 2. The number of carbonyl (C=O) groups excluding carboxylic acids is 2. The number of hydrogen-bond acceptors (Lipinski definition) is 3. The summed E-state index contributed by atoms with van der Waals surface area (Å²) in [5.74, 6) is 0.353. The van der Waals surface area contributed by atoms with E-state index in [4.69, 9.17) is 5.73 Å². The van der Waals surface area contributed by atoms with Gasteiger partial charge in [-0.2, -0.15) is 0 Å². The van der Waals surface area contributed by atoms with Crippen LogP contribution in [0.4, 0.5) is 5.00 Å². The van der Waals surface area contributed by atoms with Crippen molar-refractivity contribution in [3.8, 4) is 0 Å². The number of amides is 2. The van der Waals surface area contributed by atoms with Crippen molar-refractivity contribution in [3.05, 3.63) is 16.0 Å². The van der Waals surface area contributed by atoms with Crippen LogP contribution >= 0.6 is 11.3 Å². The summed E-state index contributed by atoms with van der Waals surface area (Å²) in [6, 6.07) is 0. The lowest BCUT2D eigenvalue weighted by Gasteiger charge is -2.36. The quantitative estimate of drug-likeness (QED) is 0.808. The van der Waals surface area contributed by atoms with Crippen molar-refractivity contribution in [1.29, 1.82) is 0 Å². The normalized spacial score (nSPS) is 21.2. The topological polar surface area (TPSA) is 72.2 Å². The third-order valence-electron chi connectivity index (χ3n) is 6.49. The lowest BCUT2D eigenvalue weighted by Crippen LogP contribution is -2.29. The minimum Gasteiger partial charge on any atom is -0.365 e. The summed E-state index contributed by atoms with van der Waals surface area (Å²) in [4.78, 5) is 25.8. The zero-order valence-electron chi connectivity index (χ0n) is 15.6. The average molecular weight is 363 g/mol. The summed E-state index contributed by atoms with van der Waals surface area (Å²) in [5, 5.41) is 3.72. The maximum atomic E-state index is 12.5. The number of nitrogens with one attached hydrogen (secondary N) is 1. The molecule has 1 atom stereocenters. The summed E-state index contributed by atoms with van der Waals surface area (Å²) in [6.45, 7) is 6.90. The molecule has 1 saturated carbocycles. The zero-order valence-corrected chi connectivity index (χ0v) is 16.4. The third kappa shape index (κ3) is 3.62. The standard InChI is InChI=1S/C20H30N2O2S/c1-4-20(2,3)13-9-10-14-15(11-13)25-19(16(14)17(21)23)22-18(24)12-7-5-6-8-12/h12-13H,4-11H2,1-3H3,(H2,21,23)(H,22,24). The van der Waals surface area contributed by atoms with Crippen LogP contribution in [0.1, 0.15) is 80.1 Å². The van der Waals surface area contributed by atoms with E-state index < -0.39 is 5.91 Å². The van der Waals surface area contributed by atoms with Crippen LogP contribution in [-0.2, 0) is 17.6 Å². The molecule has 0 radical (unpaired) electrons. The van der Waals surface area contributed by atoms with Crippen molar-refractivity contribution in [1.82, 2.24) is 0 Å². The van der Waals surface area contributed by atoms with Gasteiger partial charge in [-0.25, -0.2) is 0 Å². The van der Waals surface area contributed by atoms with Crippen molar-refractivity contribution >= 4 is 28.2 Å². The van der Waals surface area contributed by atoms with E-state index in [1.165, 1.54) is 4.88 Å². The molecule has 0 aliphatic heterocycles. The molecule has 5 heteroatoms. The molecular formula is C20H30N2O2S. The first-order valence-electron chi connectivity index (χ1n) is 9.58. The molecule has 1 heterocycles. The van der Waals surface area contributed by atoms with Gasteiger partial charge in [-0.05, 0) is 49.0 Å². The van der Waals surface area contributed by atoms with Gasteiger partial charge in [0.15, 0.2) is 0 Å². The Morgan fingerprint density at radius 1 is 1.24 bits per heavy atom. The molecule has 4 nitrogen and oxygen atoms in total. The van der Waals surface area contributed by atoms with Gasteiger partial charge >= 0.3 is 0 Å². The molecule has 3 rings (SSSR count). The molecule has 25 heavy (non-hydrogen) atoms. The van der Waals surface area contributed by atoms with Crippen LogP contribution in [0.5, 0.6) is 0 Å². The molecular weight excluding hydrogens is 332 g/mol. The first-order chi connectivity index (χ1) is 11.8. The Bertz CT molecular complexity index is 671. The van der Waals surface area contributed by atoms with E-state index in [-0.39, 0.29) is 11.8 Å². The molecule has 2 aliphatic rings. The number of fused-ring (bicyclic) bond motifs is 1. The Kier molecular flexibility index (Phi) is 5.24. The second-order valence-corrected chi connectivity index (χ2v) is 9.43. The Labute approximate surface area is 154 Å². The van der Waals surface area contributed by atoms with Gasteiger partial charge in [0.2, 0.25) is 5.91 Å². The highest BCUT2D eigenvalue weighted by Crippen LogP contribution is 2.45. The Morgan fingerprint density at radius 3 is 2.52 bits per heavy atom. The summed E-state index contributed by atoms with van der Waals surface area (Å²) in [6.07, 6.45) is 8.25. The van der Waals surface area contributed by atoms with Crippen LogP contribution in [0.3, 0.4) is 0 Å². The maximum absolute atomic E-state index is 12.5. The predicted molar refractivity (Wildman–Crippen MR) is 103 cm³/mol. The second-order valence-electron chi connectivity index (χ2n) is 8.32. The zero-order chi connectivity index (χ0) is 18.2. The SMILES string of the molecule is CCC(C)(C)C1CCc2c(sc(NC(=O)C3CCCC3)c2C(N)=O)C1. The molecule has 1 fully saturated rings. The third-order valence-corrected chi connectivity index (χ3v) is 7.66. The summed E-state index contributed by atoms with van der Waals surface area (Å²) in [5.41, 5.74) is 7.62. The van der Waals surface area contributed by atoms with Crippen LogP contribution in [0.25, 0.3) is 0 Å². The van der Waals surface area contributed by atoms with E-state index in [0.29, 0.717) is 21.9 Å². The van der Waals surface area contributed by atoms with Crippen LogP contribution in [0.2, 0.25) is 0 Å². The number of rotatable bonds is 5. The molecule has 138 valence electrons. The van der Waals surface area contributed by atoms with Gasteiger partial charge in [-0.1, -0.05) is 40.0 Å². The molecule has 0 aromatic carbocycles. The van der Waals surface area contributed by atoms with E-state index in [9.17, 15) is 9.59 Å². The first kappa shape index (κ1) is 18.4. The van der Waals surface area contributed by atoms with E-state index in [1.54, 1.807) is 11.3 Å². The smallest absolute Gasteiger partial charge is 0.251 e. The fourth-order valence-electron chi connectivity index (χ4n) is 4.29. The lowest BCUT2D eigenvalue weighted by atomic mass is 9.69. The molecule has 0 spiro atoms. The number of nitrogens with two attached hydrogens (primary N) is 1. The average Bonchev–Trinajstić information content (AvgIpc) is 3.21. The minimum atomic E-state index is -0.410. The van der Waals surface area contributed by atoms with Crippen molar-refractivity contribution in [3.63, 3.8) is 0 Å². The van der Waals surface area contributed by atoms with E-state index in [1.807, 2.05) is 0 Å². The fourth-order valence-corrected chi connectivity index (χ4v) is 5.63.